The average Bonchev–Trinajstić information content (AvgIpc) is 2.54. The zero-order valence-corrected chi connectivity index (χ0v) is 7.43. The lowest BCUT2D eigenvalue weighted by atomic mass is 10.3. The molecule has 0 saturated carbocycles. The average molecular weight is 187 g/mol. The Kier molecular flexibility index (Phi) is 3.81. The molecule has 0 aliphatic heterocycles. The fourth-order valence-electron chi connectivity index (χ4n) is 0.870. The Balaban J connectivity index is 2.56. The van der Waals surface area contributed by atoms with Crippen molar-refractivity contribution in [2.24, 2.45) is 5.73 Å². The molecule has 1 rings (SSSR count). The maximum atomic E-state index is 8.59. The largest absolute Gasteiger partial charge is 0.396 e. The van der Waals surface area contributed by atoms with Gasteiger partial charge >= 0.3 is 0 Å². The van der Waals surface area contributed by atoms with E-state index in [-0.39, 0.29) is 6.61 Å². The molecule has 0 aromatic carbocycles. The van der Waals surface area contributed by atoms with Gasteiger partial charge < -0.3 is 20.1 Å². The van der Waals surface area contributed by atoms with Crippen LogP contribution in [0.25, 0.3) is 0 Å². The summed E-state index contributed by atoms with van der Waals surface area (Å²) >= 11 is 0. The predicted octanol–water partition coefficient (Wildman–Crippen LogP) is -0.749. The van der Waals surface area contributed by atoms with Crippen molar-refractivity contribution in [3.63, 3.8) is 0 Å². The van der Waals surface area contributed by atoms with Crippen molar-refractivity contribution in [1.29, 1.82) is 0 Å². The lowest BCUT2D eigenvalue weighted by Gasteiger charge is -2.02. The molecule has 0 amide bonds. The minimum atomic E-state index is -0.398. The Morgan fingerprint density at radius 2 is 2.46 bits per heavy atom. The van der Waals surface area contributed by atoms with E-state index < -0.39 is 6.04 Å². The van der Waals surface area contributed by atoms with Gasteiger partial charge in [0.05, 0.1) is 13.2 Å². The first kappa shape index (κ1) is 10.1. The molecule has 1 aromatic heterocycles. The molecule has 13 heavy (non-hydrogen) atoms. The number of aliphatic hydroxyl groups is 1. The summed E-state index contributed by atoms with van der Waals surface area (Å²) in [5.74, 6) is 0.800. The van der Waals surface area contributed by atoms with Crippen molar-refractivity contribution in [3.05, 3.63) is 11.7 Å². The van der Waals surface area contributed by atoms with Gasteiger partial charge in [-0.2, -0.15) is 4.98 Å². The number of nitrogens with two attached hydrogens (primary N) is 1. The minimum absolute atomic E-state index is 0.00150. The molecule has 0 aliphatic rings. The van der Waals surface area contributed by atoms with Crippen LogP contribution < -0.4 is 5.73 Å². The van der Waals surface area contributed by atoms with Crippen LogP contribution >= 0.6 is 0 Å². The Bertz CT molecular complexity index is 251. The van der Waals surface area contributed by atoms with Crippen LogP contribution in [0, 0.1) is 0 Å². The zero-order chi connectivity index (χ0) is 9.68. The Labute approximate surface area is 75.7 Å². The topological polar surface area (TPSA) is 94.4 Å². The smallest absolute Gasteiger partial charge is 0.245 e. The number of nitrogens with zero attached hydrogens (tertiary/aromatic N) is 2. The highest BCUT2D eigenvalue weighted by Crippen LogP contribution is 2.07. The van der Waals surface area contributed by atoms with Crippen molar-refractivity contribution in [3.8, 4) is 0 Å². The van der Waals surface area contributed by atoms with Crippen LogP contribution in [0.4, 0.5) is 0 Å². The number of hydrogen-bond donors (Lipinski definition) is 2. The van der Waals surface area contributed by atoms with E-state index in [2.05, 4.69) is 10.1 Å². The van der Waals surface area contributed by atoms with Crippen molar-refractivity contribution >= 4 is 0 Å². The number of aromatic nitrogens is 2. The molecule has 3 N–H and O–H groups in total. The minimum Gasteiger partial charge on any atom is -0.396 e. The second kappa shape index (κ2) is 4.90. The van der Waals surface area contributed by atoms with E-state index >= 15 is 0 Å². The van der Waals surface area contributed by atoms with E-state index in [1.807, 2.05) is 0 Å². The van der Waals surface area contributed by atoms with Gasteiger partial charge in [-0.3, -0.25) is 0 Å². The number of ether oxygens (including phenoxy) is 1. The monoisotopic (exact) mass is 187 g/mol. The van der Waals surface area contributed by atoms with Crippen LogP contribution in [0.5, 0.6) is 0 Å². The molecule has 0 radical (unpaired) electrons. The lowest BCUT2D eigenvalue weighted by Crippen LogP contribution is -2.16. The molecular formula is C7H13N3O3. The summed E-state index contributed by atoms with van der Waals surface area (Å²) in [6.07, 6.45) is 0.378. The first-order chi connectivity index (χ1) is 6.27. The highest BCUT2D eigenvalue weighted by Gasteiger charge is 2.13. The number of hydrogen-bond acceptors (Lipinski definition) is 6. The summed E-state index contributed by atoms with van der Waals surface area (Å²) in [6.45, 7) is 0.333. The third kappa shape index (κ3) is 2.76. The molecule has 74 valence electrons. The quantitative estimate of drug-likeness (QED) is 0.629. The van der Waals surface area contributed by atoms with Gasteiger partial charge in [-0.05, 0) is 0 Å². The highest BCUT2D eigenvalue weighted by atomic mass is 16.5. The first-order valence-corrected chi connectivity index (χ1v) is 3.95. The predicted molar refractivity (Wildman–Crippen MR) is 43.9 cm³/mol. The van der Waals surface area contributed by atoms with E-state index in [4.69, 9.17) is 20.1 Å². The highest BCUT2D eigenvalue weighted by molar-refractivity contribution is 4.91. The fourth-order valence-corrected chi connectivity index (χ4v) is 0.870. The van der Waals surface area contributed by atoms with Gasteiger partial charge in [0.2, 0.25) is 5.89 Å². The number of methoxy groups -OCH3 is 1. The van der Waals surface area contributed by atoms with Crippen LogP contribution in [-0.4, -0.2) is 35.6 Å². The molecular weight excluding hydrogens is 174 g/mol. The Hall–Kier alpha value is -0.980. The molecule has 1 atom stereocenters. The number of aliphatic hydroxyl groups excluding tert-OH is 1. The molecule has 0 fully saturated rings. The van der Waals surface area contributed by atoms with Gasteiger partial charge in [0.15, 0.2) is 5.82 Å². The summed E-state index contributed by atoms with van der Waals surface area (Å²) in [6, 6.07) is -0.398. The van der Waals surface area contributed by atoms with E-state index in [1.54, 1.807) is 7.11 Å². The Morgan fingerprint density at radius 3 is 3.08 bits per heavy atom. The van der Waals surface area contributed by atoms with Gasteiger partial charge in [-0.15, -0.1) is 0 Å². The van der Waals surface area contributed by atoms with E-state index in [9.17, 15) is 0 Å². The summed E-state index contributed by atoms with van der Waals surface area (Å²) in [7, 11) is 1.55. The maximum Gasteiger partial charge on any atom is 0.245 e. The van der Waals surface area contributed by atoms with E-state index in [1.165, 1.54) is 0 Å². The summed E-state index contributed by atoms with van der Waals surface area (Å²) in [5.41, 5.74) is 5.63. The molecule has 1 aromatic rings. The molecule has 0 bridgehead atoms. The number of rotatable bonds is 5. The fraction of sp³-hybridized carbons (Fsp3) is 0.714. The third-order valence-electron chi connectivity index (χ3n) is 1.48. The molecule has 6 nitrogen and oxygen atoms in total. The lowest BCUT2D eigenvalue weighted by molar-refractivity contribution is 0.166. The van der Waals surface area contributed by atoms with Crippen LogP contribution in [0.2, 0.25) is 0 Å². The molecule has 0 saturated heterocycles. The Morgan fingerprint density at radius 1 is 1.69 bits per heavy atom. The SMILES string of the molecule is COCC(N)c1nc(CCO)no1. The van der Waals surface area contributed by atoms with Crippen molar-refractivity contribution in [2.75, 3.05) is 20.3 Å². The van der Waals surface area contributed by atoms with Gasteiger partial charge in [-0.25, -0.2) is 0 Å². The zero-order valence-electron chi connectivity index (χ0n) is 7.43. The molecule has 1 heterocycles. The maximum absolute atomic E-state index is 8.59. The molecule has 1 unspecified atom stereocenters. The van der Waals surface area contributed by atoms with Crippen LogP contribution in [-0.2, 0) is 11.2 Å². The van der Waals surface area contributed by atoms with Crippen LogP contribution in [0.3, 0.4) is 0 Å². The second-order valence-electron chi connectivity index (χ2n) is 2.58. The van der Waals surface area contributed by atoms with Crippen LogP contribution in [0.1, 0.15) is 17.8 Å². The first-order valence-electron chi connectivity index (χ1n) is 3.95. The third-order valence-corrected chi connectivity index (χ3v) is 1.48. The van der Waals surface area contributed by atoms with Gasteiger partial charge in [0.1, 0.15) is 6.04 Å². The van der Waals surface area contributed by atoms with Crippen LogP contribution in [0.15, 0.2) is 4.52 Å². The molecule has 0 spiro atoms. The van der Waals surface area contributed by atoms with Gasteiger partial charge in [-0.1, -0.05) is 5.16 Å². The van der Waals surface area contributed by atoms with Crippen molar-refractivity contribution < 1.29 is 14.4 Å². The van der Waals surface area contributed by atoms with E-state index in [0.717, 1.165) is 0 Å². The molecule has 0 aliphatic carbocycles. The van der Waals surface area contributed by atoms with Gasteiger partial charge in [0, 0.05) is 13.5 Å². The standard InChI is InChI=1S/C7H13N3O3/c1-12-4-5(8)7-9-6(2-3-11)10-13-7/h5,11H,2-4,8H2,1H3. The van der Waals surface area contributed by atoms with E-state index in [0.29, 0.717) is 24.7 Å². The normalized spacial score (nSPS) is 13.2. The summed E-state index contributed by atoms with van der Waals surface area (Å²) in [5, 5.41) is 12.2. The van der Waals surface area contributed by atoms with Gasteiger partial charge in [0.25, 0.3) is 0 Å². The van der Waals surface area contributed by atoms with Crippen molar-refractivity contribution in [2.45, 2.75) is 12.5 Å². The summed E-state index contributed by atoms with van der Waals surface area (Å²) < 4.78 is 9.68. The van der Waals surface area contributed by atoms with Crippen molar-refractivity contribution in [1.82, 2.24) is 10.1 Å². The summed E-state index contributed by atoms with van der Waals surface area (Å²) in [4.78, 5) is 3.98. The second-order valence-corrected chi connectivity index (χ2v) is 2.58. The molecule has 6 heteroatoms.